The topological polar surface area (TPSA) is 59.5 Å². The molecule has 1 saturated heterocycles. The van der Waals surface area contributed by atoms with Crippen molar-refractivity contribution in [2.75, 3.05) is 37.5 Å². The van der Waals surface area contributed by atoms with Gasteiger partial charge in [-0.1, -0.05) is 30.3 Å². The third kappa shape index (κ3) is 4.42. The molecule has 6 nitrogen and oxygen atoms in total. The van der Waals surface area contributed by atoms with Crippen LogP contribution in [0, 0.1) is 0 Å². The lowest BCUT2D eigenvalue weighted by Crippen LogP contribution is -2.23. The van der Waals surface area contributed by atoms with Crippen LogP contribution in [0.15, 0.2) is 42.5 Å². The van der Waals surface area contributed by atoms with Crippen molar-refractivity contribution in [2.24, 2.45) is 0 Å². The molecule has 1 atom stereocenters. The number of methoxy groups -OCH3 is 2. The number of hydrogen-bond acceptors (Lipinski definition) is 6. The predicted octanol–water partition coefficient (Wildman–Crippen LogP) is 4.68. The number of nitrogens with one attached hydrogen (secondary N) is 1. The lowest BCUT2D eigenvalue weighted by atomic mass is 10.1. The van der Waals surface area contributed by atoms with E-state index in [2.05, 4.69) is 47.5 Å². The van der Waals surface area contributed by atoms with Gasteiger partial charge in [-0.2, -0.15) is 4.98 Å². The zero-order chi connectivity index (χ0) is 20.9. The smallest absolute Gasteiger partial charge is 0.227 e. The van der Waals surface area contributed by atoms with Gasteiger partial charge in [0.15, 0.2) is 11.5 Å². The molecule has 1 aliphatic rings. The van der Waals surface area contributed by atoms with Crippen LogP contribution in [0.5, 0.6) is 11.5 Å². The molecule has 0 aliphatic carbocycles. The number of nitrogens with zero attached hydrogens (tertiary/aromatic N) is 3. The third-order valence-electron chi connectivity index (χ3n) is 5.67. The Kier molecular flexibility index (Phi) is 6.21. The van der Waals surface area contributed by atoms with E-state index in [1.54, 1.807) is 14.2 Å². The first-order chi connectivity index (χ1) is 14.7. The van der Waals surface area contributed by atoms with Crippen LogP contribution < -0.4 is 19.7 Å². The summed E-state index contributed by atoms with van der Waals surface area (Å²) in [6, 6.07) is 14.8. The van der Waals surface area contributed by atoms with Crippen LogP contribution in [-0.4, -0.2) is 43.3 Å². The van der Waals surface area contributed by atoms with Crippen LogP contribution >= 0.6 is 0 Å². The fourth-order valence-electron chi connectivity index (χ4n) is 3.95. The van der Waals surface area contributed by atoms with Crippen LogP contribution in [0.3, 0.4) is 0 Å². The van der Waals surface area contributed by atoms with Gasteiger partial charge in [0.1, 0.15) is 5.82 Å². The quantitative estimate of drug-likeness (QED) is 0.586. The highest BCUT2D eigenvalue weighted by Crippen LogP contribution is 2.35. The Bertz CT molecular complexity index is 987. The fourth-order valence-corrected chi connectivity index (χ4v) is 3.95. The molecule has 3 aromatic rings. The molecule has 1 fully saturated rings. The molecule has 6 heteroatoms. The first-order valence-corrected chi connectivity index (χ1v) is 10.7. The van der Waals surface area contributed by atoms with E-state index < -0.39 is 0 Å². The number of rotatable bonds is 8. The number of ether oxygens (including phenoxy) is 2. The van der Waals surface area contributed by atoms with Gasteiger partial charge in [-0.15, -0.1) is 0 Å². The second kappa shape index (κ2) is 9.20. The maximum atomic E-state index is 5.52. The van der Waals surface area contributed by atoms with Crippen LogP contribution in [0.1, 0.15) is 31.7 Å². The largest absolute Gasteiger partial charge is 0.493 e. The highest BCUT2D eigenvalue weighted by molar-refractivity contribution is 5.93. The van der Waals surface area contributed by atoms with Crippen molar-refractivity contribution in [2.45, 2.75) is 38.6 Å². The van der Waals surface area contributed by atoms with E-state index in [1.807, 2.05) is 12.1 Å². The normalized spacial score (nSPS) is 14.7. The highest BCUT2D eigenvalue weighted by Gasteiger charge is 2.20. The molecule has 2 aromatic carbocycles. The Labute approximate surface area is 178 Å². The zero-order valence-electron chi connectivity index (χ0n) is 18.0. The number of aromatic nitrogens is 2. The number of hydrogen-bond donors (Lipinski definition) is 1. The summed E-state index contributed by atoms with van der Waals surface area (Å²) in [6.45, 7) is 4.21. The van der Waals surface area contributed by atoms with Gasteiger partial charge >= 0.3 is 0 Å². The molecule has 2 heterocycles. The van der Waals surface area contributed by atoms with Gasteiger partial charge in [-0.05, 0) is 44.2 Å². The van der Waals surface area contributed by atoms with Crippen LogP contribution in [0.25, 0.3) is 10.9 Å². The van der Waals surface area contributed by atoms with E-state index in [9.17, 15) is 0 Å². The predicted molar refractivity (Wildman–Crippen MR) is 122 cm³/mol. The molecule has 30 heavy (non-hydrogen) atoms. The molecule has 4 rings (SSSR count). The van der Waals surface area contributed by atoms with E-state index in [-0.39, 0.29) is 6.04 Å². The number of benzene rings is 2. The van der Waals surface area contributed by atoms with E-state index in [0.29, 0.717) is 11.5 Å². The SMILES string of the molecule is COc1cc2nc(N3CCCC3)nc(NC(C)CCc3ccccc3)c2cc1OC. The average Bonchev–Trinajstić information content (AvgIpc) is 3.32. The average molecular weight is 407 g/mol. The van der Waals surface area contributed by atoms with Gasteiger partial charge in [0.05, 0.1) is 19.7 Å². The molecule has 0 amide bonds. The Balaban J connectivity index is 1.64. The molecule has 158 valence electrons. The number of anilines is 2. The van der Waals surface area contributed by atoms with Crippen molar-refractivity contribution in [3.05, 3.63) is 48.0 Å². The Morgan fingerprint density at radius 1 is 1.00 bits per heavy atom. The van der Waals surface area contributed by atoms with Gasteiger partial charge in [0.2, 0.25) is 5.95 Å². The molecule has 0 radical (unpaired) electrons. The summed E-state index contributed by atoms with van der Waals surface area (Å²) in [5.74, 6) is 3.00. The number of aryl methyl sites for hydroxylation is 1. The van der Waals surface area contributed by atoms with Crippen molar-refractivity contribution < 1.29 is 9.47 Å². The monoisotopic (exact) mass is 406 g/mol. The zero-order valence-corrected chi connectivity index (χ0v) is 18.0. The van der Waals surface area contributed by atoms with Crippen molar-refractivity contribution in [3.8, 4) is 11.5 Å². The molecular weight excluding hydrogens is 376 g/mol. The summed E-state index contributed by atoms with van der Waals surface area (Å²) in [6.07, 6.45) is 4.41. The van der Waals surface area contributed by atoms with E-state index in [1.165, 1.54) is 18.4 Å². The Morgan fingerprint density at radius 3 is 2.40 bits per heavy atom. The molecule has 1 N–H and O–H groups in total. The van der Waals surface area contributed by atoms with Gasteiger partial charge < -0.3 is 19.7 Å². The second-order valence-electron chi connectivity index (χ2n) is 7.86. The molecule has 0 bridgehead atoms. The molecule has 1 aromatic heterocycles. The molecule has 0 spiro atoms. The van der Waals surface area contributed by atoms with Crippen molar-refractivity contribution >= 4 is 22.7 Å². The third-order valence-corrected chi connectivity index (χ3v) is 5.67. The van der Waals surface area contributed by atoms with Crippen LogP contribution in [-0.2, 0) is 6.42 Å². The van der Waals surface area contributed by atoms with Gasteiger partial charge in [0, 0.05) is 30.6 Å². The minimum atomic E-state index is 0.267. The Hall–Kier alpha value is -3.02. The minimum absolute atomic E-state index is 0.267. The summed E-state index contributed by atoms with van der Waals surface area (Å²) in [5.41, 5.74) is 2.21. The summed E-state index contributed by atoms with van der Waals surface area (Å²) in [5, 5.41) is 4.58. The molecule has 0 saturated carbocycles. The first kappa shape index (κ1) is 20.3. The van der Waals surface area contributed by atoms with Gasteiger partial charge in [-0.25, -0.2) is 4.98 Å². The summed E-state index contributed by atoms with van der Waals surface area (Å²) < 4.78 is 11.0. The maximum absolute atomic E-state index is 5.52. The standard InChI is InChI=1S/C24H30N4O2/c1-17(11-12-18-9-5-4-6-10-18)25-23-19-15-21(29-2)22(30-3)16-20(19)26-24(27-23)28-13-7-8-14-28/h4-6,9-10,15-17H,7-8,11-14H2,1-3H3,(H,25,26,27). The van der Waals surface area contributed by atoms with Crippen molar-refractivity contribution in [3.63, 3.8) is 0 Å². The van der Waals surface area contributed by atoms with Crippen LogP contribution in [0.2, 0.25) is 0 Å². The molecule has 1 aliphatic heterocycles. The fraction of sp³-hybridized carbons (Fsp3) is 0.417. The Morgan fingerprint density at radius 2 is 1.70 bits per heavy atom. The molecular formula is C24H30N4O2. The minimum Gasteiger partial charge on any atom is -0.493 e. The van der Waals surface area contributed by atoms with E-state index in [4.69, 9.17) is 19.4 Å². The number of fused-ring (bicyclic) bond motifs is 1. The van der Waals surface area contributed by atoms with Crippen LogP contribution in [0.4, 0.5) is 11.8 Å². The van der Waals surface area contributed by atoms with Crippen molar-refractivity contribution in [1.29, 1.82) is 0 Å². The highest BCUT2D eigenvalue weighted by atomic mass is 16.5. The summed E-state index contributed by atoms with van der Waals surface area (Å²) in [4.78, 5) is 12.0. The van der Waals surface area contributed by atoms with Gasteiger partial charge in [-0.3, -0.25) is 0 Å². The summed E-state index contributed by atoms with van der Waals surface area (Å²) in [7, 11) is 3.30. The van der Waals surface area contributed by atoms with E-state index in [0.717, 1.165) is 48.6 Å². The lowest BCUT2D eigenvalue weighted by molar-refractivity contribution is 0.356. The molecule has 1 unspecified atom stereocenters. The summed E-state index contributed by atoms with van der Waals surface area (Å²) >= 11 is 0. The second-order valence-corrected chi connectivity index (χ2v) is 7.86. The van der Waals surface area contributed by atoms with Crippen molar-refractivity contribution in [1.82, 2.24) is 9.97 Å². The van der Waals surface area contributed by atoms with Gasteiger partial charge in [0.25, 0.3) is 0 Å². The van der Waals surface area contributed by atoms with E-state index >= 15 is 0 Å². The lowest BCUT2D eigenvalue weighted by Gasteiger charge is -2.21. The first-order valence-electron chi connectivity index (χ1n) is 10.7. The maximum Gasteiger partial charge on any atom is 0.227 e.